The number of aromatic nitrogens is 14. The van der Waals surface area contributed by atoms with Crippen LogP contribution in [0.15, 0.2) is 6.33 Å². The lowest BCUT2D eigenvalue weighted by molar-refractivity contribution is 0.758. The van der Waals surface area contributed by atoms with Gasteiger partial charge in [0.15, 0.2) is 0 Å². The fourth-order valence-corrected chi connectivity index (χ4v) is 1.58. The summed E-state index contributed by atoms with van der Waals surface area (Å²) in [6, 6.07) is 0. The molecule has 0 atom stereocenters. The maximum Gasteiger partial charge on any atom is 0.232 e. The van der Waals surface area contributed by atoms with Crippen molar-refractivity contribution in [1.82, 2.24) is 71.4 Å². The molecule has 14 heteroatoms. The molecule has 0 aliphatic heterocycles. The Morgan fingerprint density at radius 2 is 1.80 bits per heavy atom. The molecular formula is C6H4N14. The highest BCUT2D eigenvalue weighted by Crippen LogP contribution is 2.25. The molecule has 0 bridgehead atoms. The number of aromatic amines is 3. The highest BCUT2D eigenvalue weighted by Gasteiger charge is 2.21. The summed E-state index contributed by atoms with van der Waals surface area (Å²) in [6.07, 6.45) is 1.39. The predicted molar refractivity (Wildman–Crippen MR) is 57.6 cm³/mol. The van der Waals surface area contributed by atoms with Crippen molar-refractivity contribution in [2.75, 3.05) is 0 Å². The Labute approximate surface area is 108 Å². The SMILES string of the molecule is c1nnnn1-c1nc(-c2nn[nH]n2)c(-c2nn[nH]n2)[nH]1. The Hall–Kier alpha value is -3.58. The molecule has 0 amide bonds. The molecule has 0 fully saturated rings. The van der Waals surface area contributed by atoms with Crippen LogP contribution in [0.5, 0.6) is 0 Å². The Bertz CT molecular complexity index is 738. The van der Waals surface area contributed by atoms with Gasteiger partial charge in [0.25, 0.3) is 0 Å². The van der Waals surface area contributed by atoms with E-state index in [1.165, 1.54) is 11.0 Å². The summed E-state index contributed by atoms with van der Waals surface area (Å²) in [7, 11) is 0. The maximum absolute atomic E-state index is 4.31. The van der Waals surface area contributed by atoms with E-state index in [1.807, 2.05) is 0 Å². The van der Waals surface area contributed by atoms with Crippen LogP contribution in [0.3, 0.4) is 0 Å². The van der Waals surface area contributed by atoms with Crippen molar-refractivity contribution >= 4 is 0 Å². The average molecular weight is 272 g/mol. The molecule has 4 rings (SSSR count). The summed E-state index contributed by atoms with van der Waals surface area (Å²) >= 11 is 0. The molecular weight excluding hydrogens is 268 g/mol. The third-order valence-corrected chi connectivity index (χ3v) is 2.38. The van der Waals surface area contributed by atoms with Gasteiger partial charge in [-0.1, -0.05) is 0 Å². The number of tetrazole rings is 3. The first-order chi connectivity index (χ1) is 9.92. The van der Waals surface area contributed by atoms with Gasteiger partial charge < -0.3 is 4.98 Å². The van der Waals surface area contributed by atoms with Crippen LogP contribution >= 0.6 is 0 Å². The van der Waals surface area contributed by atoms with Crippen molar-refractivity contribution < 1.29 is 0 Å². The molecule has 0 saturated carbocycles. The molecule has 3 N–H and O–H groups in total. The molecule has 4 aromatic heterocycles. The maximum atomic E-state index is 4.31. The van der Waals surface area contributed by atoms with Gasteiger partial charge in [-0.2, -0.15) is 15.1 Å². The highest BCUT2D eigenvalue weighted by atomic mass is 15.6. The third-order valence-electron chi connectivity index (χ3n) is 2.38. The largest absolute Gasteiger partial charge is 0.319 e. The molecule has 0 radical (unpaired) electrons. The van der Waals surface area contributed by atoms with Crippen LogP contribution in [0.25, 0.3) is 29.0 Å². The monoisotopic (exact) mass is 272 g/mol. The molecule has 0 aliphatic carbocycles. The van der Waals surface area contributed by atoms with E-state index in [0.29, 0.717) is 23.2 Å². The molecule has 0 unspecified atom stereocenters. The Morgan fingerprint density at radius 3 is 2.45 bits per heavy atom. The quantitative estimate of drug-likeness (QED) is 0.368. The van der Waals surface area contributed by atoms with Gasteiger partial charge in [-0.25, -0.2) is 4.98 Å². The van der Waals surface area contributed by atoms with Gasteiger partial charge in [0.1, 0.15) is 17.7 Å². The van der Waals surface area contributed by atoms with Crippen LogP contribution in [0, 0.1) is 0 Å². The molecule has 98 valence electrons. The van der Waals surface area contributed by atoms with Crippen LogP contribution in [0.2, 0.25) is 0 Å². The first-order valence-corrected chi connectivity index (χ1v) is 5.23. The fourth-order valence-electron chi connectivity index (χ4n) is 1.58. The van der Waals surface area contributed by atoms with E-state index >= 15 is 0 Å². The van der Waals surface area contributed by atoms with Gasteiger partial charge in [-0.05, 0) is 20.9 Å². The predicted octanol–water partition coefficient (Wildman–Crippen LogP) is -2.25. The van der Waals surface area contributed by atoms with Crippen LogP contribution in [0.1, 0.15) is 0 Å². The van der Waals surface area contributed by atoms with Gasteiger partial charge in [-0.15, -0.1) is 25.5 Å². The van der Waals surface area contributed by atoms with E-state index in [-0.39, 0.29) is 5.82 Å². The summed E-state index contributed by atoms with van der Waals surface area (Å²) in [6.45, 7) is 0. The van der Waals surface area contributed by atoms with E-state index in [1.54, 1.807) is 0 Å². The molecule has 0 spiro atoms. The number of imidazole rings is 1. The summed E-state index contributed by atoms with van der Waals surface area (Å²) < 4.78 is 1.34. The van der Waals surface area contributed by atoms with Crippen LogP contribution in [0.4, 0.5) is 0 Å². The lowest BCUT2D eigenvalue weighted by Crippen LogP contribution is -1.97. The highest BCUT2D eigenvalue weighted by molar-refractivity contribution is 5.71. The number of nitrogens with one attached hydrogen (secondary N) is 3. The van der Waals surface area contributed by atoms with Crippen molar-refractivity contribution in [1.29, 1.82) is 0 Å². The zero-order valence-corrected chi connectivity index (χ0v) is 9.50. The number of hydrogen-bond donors (Lipinski definition) is 3. The molecule has 0 aliphatic rings. The second-order valence-corrected chi connectivity index (χ2v) is 3.51. The van der Waals surface area contributed by atoms with E-state index in [0.717, 1.165) is 0 Å². The lowest BCUT2D eigenvalue weighted by atomic mass is 10.3. The second kappa shape index (κ2) is 3.97. The van der Waals surface area contributed by atoms with Gasteiger partial charge >= 0.3 is 0 Å². The molecule has 0 saturated heterocycles. The number of nitrogens with zero attached hydrogens (tertiary/aromatic N) is 11. The van der Waals surface area contributed by atoms with Gasteiger partial charge in [0.05, 0.1) is 0 Å². The minimum Gasteiger partial charge on any atom is -0.319 e. The van der Waals surface area contributed by atoms with Crippen LogP contribution in [-0.2, 0) is 0 Å². The van der Waals surface area contributed by atoms with Crippen molar-refractivity contribution in [3.63, 3.8) is 0 Å². The standard InChI is InChI=1S/C6H4N14/c1-7-14-19-20(1)6-8-2(4-10-15-16-11-4)3(9-6)5-12-17-18-13-5/h1H,(H,8,9)(H,10,11,15,16)(H,12,13,17,18). The minimum absolute atomic E-state index is 0.278. The summed E-state index contributed by atoms with van der Waals surface area (Å²) in [5.74, 6) is 0.937. The normalized spacial score (nSPS) is 11.0. The number of H-pyrrole nitrogens is 3. The molecule has 20 heavy (non-hydrogen) atoms. The van der Waals surface area contributed by atoms with E-state index in [9.17, 15) is 0 Å². The number of hydrogen-bond acceptors (Lipinski definition) is 10. The molecule has 14 nitrogen and oxygen atoms in total. The minimum atomic E-state index is 0.278. The van der Waals surface area contributed by atoms with Crippen molar-refractivity contribution in [2.45, 2.75) is 0 Å². The molecule has 4 heterocycles. The topological polar surface area (TPSA) is 181 Å². The van der Waals surface area contributed by atoms with E-state index < -0.39 is 0 Å². The van der Waals surface area contributed by atoms with Crippen LogP contribution < -0.4 is 0 Å². The third kappa shape index (κ3) is 1.51. The lowest BCUT2D eigenvalue weighted by Gasteiger charge is -1.90. The Balaban J connectivity index is 1.92. The first kappa shape index (κ1) is 10.4. The molecule has 0 aromatic carbocycles. The number of rotatable bonds is 3. The van der Waals surface area contributed by atoms with Crippen LogP contribution in [-0.4, -0.2) is 71.4 Å². The second-order valence-electron chi connectivity index (χ2n) is 3.51. The van der Waals surface area contributed by atoms with Gasteiger partial charge in [0.2, 0.25) is 17.6 Å². The Kier molecular flexibility index (Phi) is 2.05. The smallest absolute Gasteiger partial charge is 0.232 e. The van der Waals surface area contributed by atoms with Crippen molar-refractivity contribution in [3.05, 3.63) is 6.33 Å². The van der Waals surface area contributed by atoms with E-state index in [4.69, 9.17) is 0 Å². The summed E-state index contributed by atoms with van der Waals surface area (Å²) in [4.78, 5) is 7.29. The van der Waals surface area contributed by atoms with E-state index in [2.05, 4.69) is 66.7 Å². The zero-order chi connectivity index (χ0) is 13.4. The van der Waals surface area contributed by atoms with Gasteiger partial charge in [-0.3, -0.25) is 0 Å². The van der Waals surface area contributed by atoms with Crippen molar-refractivity contribution in [2.24, 2.45) is 0 Å². The Morgan fingerprint density at radius 1 is 1.00 bits per heavy atom. The van der Waals surface area contributed by atoms with Crippen molar-refractivity contribution in [3.8, 4) is 29.0 Å². The summed E-state index contributed by atoms with van der Waals surface area (Å²) in [5.41, 5.74) is 0.858. The molecule has 4 aromatic rings. The zero-order valence-electron chi connectivity index (χ0n) is 9.50. The average Bonchev–Trinajstić information content (AvgIpc) is 3.22. The first-order valence-electron chi connectivity index (χ1n) is 5.23. The fraction of sp³-hybridized carbons (Fsp3) is 0. The van der Waals surface area contributed by atoms with Gasteiger partial charge in [0, 0.05) is 0 Å². The summed E-state index contributed by atoms with van der Waals surface area (Å²) in [5, 5.41) is 38.0.